The molecule has 252 valence electrons. The highest BCUT2D eigenvalue weighted by atomic mass is 32.1. The molecule has 5 nitrogen and oxygen atoms in total. The van der Waals surface area contributed by atoms with Crippen LogP contribution in [0, 0.1) is 0 Å². The second-order valence-corrected chi connectivity index (χ2v) is 13.9. The van der Waals surface area contributed by atoms with Crippen molar-refractivity contribution in [2.75, 3.05) is 0 Å². The summed E-state index contributed by atoms with van der Waals surface area (Å²) in [4.78, 5) is 19.8. The third kappa shape index (κ3) is 6.15. The highest BCUT2D eigenvalue weighted by Gasteiger charge is 2.16. The first-order valence-electron chi connectivity index (χ1n) is 17.5. The number of nitrogens with zero attached hydrogens (tertiary/aromatic N) is 5. The van der Waals surface area contributed by atoms with E-state index in [0.29, 0.717) is 17.5 Å². The first-order valence-corrected chi connectivity index (χ1v) is 18.3. The number of rotatable bonds is 8. The molecule has 0 unspecified atom stereocenters. The van der Waals surface area contributed by atoms with Crippen molar-refractivity contribution >= 4 is 54.5 Å². The molecular weight excluding hydrogens is 667 g/mol. The van der Waals surface area contributed by atoms with Crippen LogP contribution in [0.4, 0.5) is 0 Å². The van der Waals surface area contributed by atoms with E-state index in [2.05, 4.69) is 121 Å². The number of thiazole rings is 1. The number of fused-ring (bicyclic) bond motifs is 4. The number of hydrogen-bond acceptors (Lipinski definition) is 5. The van der Waals surface area contributed by atoms with E-state index in [9.17, 15) is 0 Å². The van der Waals surface area contributed by atoms with Crippen molar-refractivity contribution in [1.29, 1.82) is 0 Å². The largest absolute Gasteiger partial charge is 0.309 e. The van der Waals surface area contributed by atoms with Gasteiger partial charge in [0.15, 0.2) is 17.5 Å². The van der Waals surface area contributed by atoms with Crippen LogP contribution in [-0.2, 0) is 0 Å². The molecule has 0 saturated carbocycles. The van der Waals surface area contributed by atoms with E-state index in [1.165, 1.54) is 21.8 Å². The molecule has 0 fully saturated rings. The fraction of sp³-hybridized carbons (Fsp3) is 0.0213. The van der Waals surface area contributed by atoms with Crippen molar-refractivity contribution in [1.82, 2.24) is 24.5 Å². The fourth-order valence-corrected chi connectivity index (χ4v) is 7.75. The summed E-state index contributed by atoms with van der Waals surface area (Å²) >= 11 is 1.68. The number of hydrogen-bond donors (Lipinski definition) is 0. The van der Waals surface area contributed by atoms with Crippen LogP contribution in [0.1, 0.15) is 17.5 Å². The predicted octanol–water partition coefficient (Wildman–Crippen LogP) is 12.3. The minimum Gasteiger partial charge on any atom is -0.309 e. The monoisotopic (exact) mass is 699 g/mol. The number of allylic oxidation sites excluding steroid dienone is 5. The molecular formula is C47H33N5S. The number of para-hydroxylation sites is 2. The maximum Gasteiger partial charge on any atom is 0.164 e. The van der Waals surface area contributed by atoms with Gasteiger partial charge in [0.1, 0.15) is 5.01 Å². The Morgan fingerprint density at radius 2 is 1.19 bits per heavy atom. The summed E-state index contributed by atoms with van der Waals surface area (Å²) in [6.45, 7) is 6.17. The Bertz CT molecular complexity index is 2790. The highest BCUT2D eigenvalue weighted by Crippen LogP contribution is 2.36. The van der Waals surface area contributed by atoms with Crippen LogP contribution in [0.25, 0.3) is 83.0 Å². The lowest BCUT2D eigenvalue weighted by atomic mass is 10.0. The van der Waals surface area contributed by atoms with Gasteiger partial charge in [0.05, 0.1) is 21.3 Å². The van der Waals surface area contributed by atoms with Crippen molar-refractivity contribution in [2.24, 2.45) is 0 Å². The summed E-state index contributed by atoms with van der Waals surface area (Å²) < 4.78 is 3.44. The maximum absolute atomic E-state index is 5.12. The Hall–Kier alpha value is -6.76. The van der Waals surface area contributed by atoms with Gasteiger partial charge in [0, 0.05) is 33.2 Å². The Morgan fingerprint density at radius 3 is 1.87 bits per heavy atom. The Kier molecular flexibility index (Phi) is 8.35. The van der Waals surface area contributed by atoms with Crippen molar-refractivity contribution in [2.45, 2.75) is 6.92 Å². The summed E-state index contributed by atoms with van der Waals surface area (Å²) in [6, 6.07) is 52.2. The van der Waals surface area contributed by atoms with Crippen LogP contribution >= 0.6 is 11.3 Å². The number of benzene rings is 6. The molecule has 0 aliphatic carbocycles. The fourth-order valence-electron chi connectivity index (χ4n) is 6.83. The molecule has 0 aliphatic heterocycles. The molecule has 6 aromatic carbocycles. The van der Waals surface area contributed by atoms with E-state index in [4.69, 9.17) is 19.9 Å². The molecule has 0 amide bonds. The van der Waals surface area contributed by atoms with Gasteiger partial charge >= 0.3 is 0 Å². The van der Waals surface area contributed by atoms with Crippen LogP contribution in [0.2, 0.25) is 0 Å². The average molecular weight is 700 g/mol. The van der Waals surface area contributed by atoms with Crippen LogP contribution in [0.15, 0.2) is 176 Å². The summed E-state index contributed by atoms with van der Waals surface area (Å²) in [5, 5.41) is 3.39. The van der Waals surface area contributed by atoms with E-state index < -0.39 is 0 Å². The van der Waals surface area contributed by atoms with Gasteiger partial charge in [0.25, 0.3) is 0 Å². The zero-order valence-corrected chi connectivity index (χ0v) is 29.8. The van der Waals surface area contributed by atoms with E-state index in [-0.39, 0.29) is 0 Å². The first kappa shape index (κ1) is 32.2. The maximum atomic E-state index is 5.12. The highest BCUT2D eigenvalue weighted by molar-refractivity contribution is 7.19. The van der Waals surface area contributed by atoms with Crippen LogP contribution in [-0.4, -0.2) is 24.5 Å². The van der Waals surface area contributed by atoms with Gasteiger partial charge in [-0.25, -0.2) is 19.9 Å². The number of aromatic nitrogens is 5. The molecule has 0 aliphatic rings. The van der Waals surface area contributed by atoms with Crippen molar-refractivity contribution < 1.29 is 0 Å². The lowest BCUT2D eigenvalue weighted by Crippen LogP contribution is -2.00. The van der Waals surface area contributed by atoms with E-state index in [0.717, 1.165) is 54.3 Å². The topological polar surface area (TPSA) is 56.5 Å². The lowest BCUT2D eigenvalue weighted by Gasteiger charge is -2.08. The quantitative estimate of drug-likeness (QED) is 0.148. The third-order valence-corrected chi connectivity index (χ3v) is 10.5. The summed E-state index contributed by atoms with van der Waals surface area (Å²) in [5.41, 5.74) is 10.4. The molecule has 3 aromatic heterocycles. The van der Waals surface area contributed by atoms with Gasteiger partial charge in [-0.3, -0.25) is 0 Å². The second-order valence-electron chi connectivity index (χ2n) is 12.8. The minimum absolute atomic E-state index is 0.613. The van der Waals surface area contributed by atoms with Gasteiger partial charge in [-0.2, -0.15) is 0 Å². The van der Waals surface area contributed by atoms with Crippen molar-refractivity contribution in [3.63, 3.8) is 0 Å². The molecule has 53 heavy (non-hydrogen) atoms. The molecule has 0 bridgehead atoms. The Balaban J connectivity index is 1.09. The Labute approximate surface area is 311 Å². The summed E-state index contributed by atoms with van der Waals surface area (Å²) in [7, 11) is 0. The second kappa shape index (κ2) is 13.8. The summed E-state index contributed by atoms with van der Waals surface area (Å²) in [5.74, 6) is 1.88. The third-order valence-electron chi connectivity index (χ3n) is 9.37. The first-order chi connectivity index (χ1) is 26.1. The molecule has 0 saturated heterocycles. The SMILES string of the molecule is C=C/C=C(\C=C(/C)c1nc2cc(-c3nc(-c4ccccc4)nc(-c4ccccc4)n3)ccc2s1)c1ccc2c(c1)c1ccccc1n2-c1ccccc1. The average Bonchev–Trinajstić information content (AvgIpc) is 3.80. The molecule has 0 spiro atoms. The standard InChI is InChI=1S/C47H33N5S/c1-3-15-34(35-24-26-42-39(29-35)38-22-13-14-23-41(38)52(42)37-20-11-6-12-21-37)28-31(2)47-48-40-30-36(25-27-43(40)53-47)46-50-44(32-16-7-4-8-17-32)49-45(51-46)33-18-9-5-10-19-33/h3-30H,1H2,2H3/b31-28+,34-15+. The van der Waals surface area contributed by atoms with Crippen LogP contribution < -0.4 is 0 Å². The molecule has 0 radical (unpaired) electrons. The normalized spacial score (nSPS) is 12.2. The zero-order valence-electron chi connectivity index (χ0n) is 29.0. The van der Waals surface area contributed by atoms with Crippen LogP contribution in [0.5, 0.6) is 0 Å². The van der Waals surface area contributed by atoms with E-state index in [1.54, 1.807) is 11.3 Å². The molecule has 0 atom stereocenters. The van der Waals surface area contributed by atoms with Gasteiger partial charge in [0.2, 0.25) is 0 Å². The van der Waals surface area contributed by atoms with Gasteiger partial charge in [-0.15, -0.1) is 11.3 Å². The van der Waals surface area contributed by atoms with Crippen molar-refractivity contribution in [3.8, 4) is 39.9 Å². The lowest BCUT2D eigenvalue weighted by molar-refractivity contribution is 1.07. The molecule has 6 heteroatoms. The smallest absolute Gasteiger partial charge is 0.164 e. The van der Waals surface area contributed by atoms with Gasteiger partial charge in [-0.1, -0.05) is 122 Å². The zero-order chi connectivity index (χ0) is 35.7. The van der Waals surface area contributed by atoms with Crippen molar-refractivity contribution in [3.05, 3.63) is 187 Å². The molecule has 0 N–H and O–H groups in total. The molecule has 3 heterocycles. The van der Waals surface area contributed by atoms with E-state index >= 15 is 0 Å². The predicted molar refractivity (Wildman–Crippen MR) is 222 cm³/mol. The summed E-state index contributed by atoms with van der Waals surface area (Å²) in [6.07, 6.45) is 6.13. The molecule has 9 aromatic rings. The van der Waals surface area contributed by atoms with E-state index in [1.807, 2.05) is 66.7 Å². The van der Waals surface area contributed by atoms with Crippen LogP contribution in [0.3, 0.4) is 0 Å². The Morgan fingerprint density at radius 1 is 0.585 bits per heavy atom. The van der Waals surface area contributed by atoms with Gasteiger partial charge < -0.3 is 4.57 Å². The molecule has 9 rings (SSSR count). The minimum atomic E-state index is 0.613. The van der Waals surface area contributed by atoms with Gasteiger partial charge in [-0.05, 0) is 78.2 Å².